The summed E-state index contributed by atoms with van der Waals surface area (Å²) in [6.45, 7) is 7.97. The summed E-state index contributed by atoms with van der Waals surface area (Å²) in [5, 5.41) is 9.28. The van der Waals surface area contributed by atoms with Crippen molar-refractivity contribution in [3.05, 3.63) is 0 Å². The summed E-state index contributed by atoms with van der Waals surface area (Å²) in [7, 11) is 0. The van der Waals surface area contributed by atoms with E-state index in [1.54, 1.807) is 0 Å². The van der Waals surface area contributed by atoms with Gasteiger partial charge in [0.05, 0.1) is 71.5 Å². The van der Waals surface area contributed by atoms with Gasteiger partial charge in [-0.15, -0.1) is 0 Å². The topological polar surface area (TPSA) is 116 Å². The third-order valence-corrected chi connectivity index (χ3v) is 6.85. The first-order valence-corrected chi connectivity index (χ1v) is 13.1. The first kappa shape index (κ1) is 28.1. The molecule has 0 radical (unpaired) electrons. The highest BCUT2D eigenvalue weighted by Gasteiger charge is 2.42. The Morgan fingerprint density at radius 1 is 0.909 bits per heavy atom. The summed E-state index contributed by atoms with van der Waals surface area (Å²) in [4.78, 5) is 23.3. The van der Waals surface area contributed by atoms with Crippen molar-refractivity contribution in [3.8, 4) is 0 Å². The summed E-state index contributed by atoms with van der Waals surface area (Å²) >= 11 is 1.91. The zero-order chi connectivity index (χ0) is 23.6. The number of hydrogen-bond acceptors (Lipinski definition) is 8. The van der Waals surface area contributed by atoms with E-state index in [-0.39, 0.29) is 24.0 Å². The molecule has 0 spiro atoms. The van der Waals surface area contributed by atoms with E-state index >= 15 is 0 Å². The number of fused-ring (bicyclic) bond motifs is 1. The molecule has 3 N–H and O–H groups in total. The normalized spacial score (nSPS) is 21.6. The predicted molar refractivity (Wildman–Crippen MR) is 127 cm³/mol. The van der Waals surface area contributed by atoms with Gasteiger partial charge in [0.25, 0.3) is 0 Å². The second-order valence-electron chi connectivity index (χ2n) is 7.86. The highest BCUT2D eigenvalue weighted by molar-refractivity contribution is 8.00. The molecule has 3 unspecified atom stereocenters. The summed E-state index contributed by atoms with van der Waals surface area (Å²) in [5.41, 5.74) is 0. The molecule has 2 rings (SSSR count). The second kappa shape index (κ2) is 18.2. The van der Waals surface area contributed by atoms with Crippen molar-refractivity contribution in [1.82, 2.24) is 16.0 Å². The summed E-state index contributed by atoms with van der Waals surface area (Å²) in [6, 6.07) is 0.444. The first-order chi connectivity index (χ1) is 16.2. The average molecular weight is 492 g/mol. The molecule has 0 saturated carbocycles. The van der Waals surface area contributed by atoms with Gasteiger partial charge in [0.1, 0.15) is 0 Å². The molecule has 0 aromatic heterocycles. The van der Waals surface area contributed by atoms with E-state index in [4.69, 9.17) is 23.7 Å². The number of ether oxygens (including phenoxy) is 5. The maximum atomic E-state index is 11.9. The molecule has 2 saturated heterocycles. The molecule has 2 fully saturated rings. The molecule has 33 heavy (non-hydrogen) atoms. The number of carbonyl (C=O) groups is 2. The number of amides is 3. The highest BCUT2D eigenvalue weighted by atomic mass is 32.2. The van der Waals surface area contributed by atoms with Crippen molar-refractivity contribution < 1.29 is 33.3 Å². The molecule has 0 aromatic rings. The van der Waals surface area contributed by atoms with Crippen LogP contribution in [0.1, 0.15) is 32.6 Å². The Morgan fingerprint density at radius 3 is 2.15 bits per heavy atom. The number of nitrogens with one attached hydrogen (secondary N) is 3. The Labute approximate surface area is 201 Å². The van der Waals surface area contributed by atoms with Crippen molar-refractivity contribution in [2.45, 2.75) is 49.9 Å². The van der Waals surface area contributed by atoms with Gasteiger partial charge in [-0.3, -0.25) is 4.79 Å². The SMILES string of the molecule is CCOCCOCCOCCOCCOCCNC(=O)CCCCC1SCC2NC(=O)NC21. The van der Waals surface area contributed by atoms with Gasteiger partial charge in [-0.25, -0.2) is 4.79 Å². The van der Waals surface area contributed by atoms with Crippen molar-refractivity contribution in [2.75, 3.05) is 78.4 Å². The lowest BCUT2D eigenvalue weighted by Crippen LogP contribution is -2.36. The predicted octanol–water partition coefficient (Wildman–Crippen LogP) is 0.931. The van der Waals surface area contributed by atoms with Crippen LogP contribution in [0.5, 0.6) is 0 Å². The van der Waals surface area contributed by atoms with E-state index in [2.05, 4.69) is 16.0 Å². The molecule has 2 aliphatic heterocycles. The van der Waals surface area contributed by atoms with Crippen molar-refractivity contribution in [3.63, 3.8) is 0 Å². The summed E-state index contributed by atoms with van der Waals surface area (Å²) in [6.07, 6.45) is 3.40. The lowest BCUT2D eigenvalue weighted by molar-refractivity contribution is -0.121. The molecule has 3 atom stereocenters. The van der Waals surface area contributed by atoms with E-state index < -0.39 is 0 Å². The van der Waals surface area contributed by atoms with Crippen LogP contribution in [0.15, 0.2) is 0 Å². The van der Waals surface area contributed by atoms with Crippen molar-refractivity contribution in [2.24, 2.45) is 0 Å². The maximum Gasteiger partial charge on any atom is 0.315 e. The van der Waals surface area contributed by atoms with Crippen LogP contribution in [0, 0.1) is 0 Å². The minimum Gasteiger partial charge on any atom is -0.379 e. The second-order valence-corrected chi connectivity index (χ2v) is 9.14. The molecule has 3 amide bonds. The van der Waals surface area contributed by atoms with Gasteiger partial charge >= 0.3 is 6.03 Å². The highest BCUT2D eigenvalue weighted by Crippen LogP contribution is 2.33. The molecule has 2 heterocycles. The Kier molecular flexibility index (Phi) is 15.6. The minimum atomic E-state index is -0.0524. The molecule has 0 bridgehead atoms. The lowest BCUT2D eigenvalue weighted by atomic mass is 10.0. The molecular formula is C22H41N3O7S. The first-order valence-electron chi connectivity index (χ1n) is 12.0. The van der Waals surface area contributed by atoms with Gasteiger partial charge in [0, 0.05) is 30.6 Å². The Hall–Kier alpha value is -1.11. The number of unbranched alkanes of at least 4 members (excludes halogenated alkanes) is 1. The van der Waals surface area contributed by atoms with E-state index in [1.165, 1.54) is 0 Å². The van der Waals surface area contributed by atoms with Crippen LogP contribution in [0.4, 0.5) is 4.79 Å². The van der Waals surface area contributed by atoms with Crippen LogP contribution in [-0.4, -0.2) is 108 Å². The number of carbonyl (C=O) groups excluding carboxylic acids is 2. The maximum absolute atomic E-state index is 11.9. The summed E-state index contributed by atoms with van der Waals surface area (Å²) in [5.74, 6) is 1.03. The quantitative estimate of drug-likeness (QED) is 0.160. The van der Waals surface area contributed by atoms with E-state index in [9.17, 15) is 9.59 Å². The molecule has 0 aliphatic carbocycles. The zero-order valence-electron chi connectivity index (χ0n) is 19.8. The fraction of sp³-hybridized carbons (Fsp3) is 0.909. The van der Waals surface area contributed by atoms with Crippen LogP contribution in [0.25, 0.3) is 0 Å². The molecule has 0 aromatic carbocycles. The molecular weight excluding hydrogens is 450 g/mol. The monoisotopic (exact) mass is 491 g/mol. The Balaban J connectivity index is 1.27. The van der Waals surface area contributed by atoms with Crippen LogP contribution in [0.2, 0.25) is 0 Å². The number of urea groups is 1. The van der Waals surface area contributed by atoms with Crippen LogP contribution >= 0.6 is 11.8 Å². The van der Waals surface area contributed by atoms with Crippen LogP contribution < -0.4 is 16.0 Å². The molecule has 2 aliphatic rings. The van der Waals surface area contributed by atoms with Crippen molar-refractivity contribution in [1.29, 1.82) is 0 Å². The fourth-order valence-corrected chi connectivity index (χ4v) is 5.19. The smallest absolute Gasteiger partial charge is 0.315 e. The minimum absolute atomic E-state index is 0.0524. The standard InChI is InChI=1S/C22H41N3O7S/c1-2-28-9-10-30-13-14-32-16-15-31-12-11-29-8-7-23-20(26)6-4-3-5-19-21-18(17-33-19)24-22(27)25-21/h18-19,21H,2-17H2,1H3,(H,23,26)(H2,24,25,27). The van der Waals surface area contributed by atoms with Gasteiger partial charge in [-0.05, 0) is 19.8 Å². The largest absolute Gasteiger partial charge is 0.379 e. The number of thioether (sulfide) groups is 1. The third kappa shape index (κ3) is 12.8. The van der Waals surface area contributed by atoms with Gasteiger partial charge in [-0.2, -0.15) is 11.8 Å². The van der Waals surface area contributed by atoms with Gasteiger partial charge in [0.15, 0.2) is 0 Å². The average Bonchev–Trinajstić information content (AvgIpc) is 3.35. The molecule has 192 valence electrons. The Bertz CT molecular complexity index is 544. The third-order valence-electron chi connectivity index (χ3n) is 5.34. The van der Waals surface area contributed by atoms with Crippen LogP contribution in [0.3, 0.4) is 0 Å². The van der Waals surface area contributed by atoms with E-state index in [1.807, 2.05) is 18.7 Å². The van der Waals surface area contributed by atoms with Crippen LogP contribution in [-0.2, 0) is 28.5 Å². The van der Waals surface area contributed by atoms with Gasteiger partial charge in [-0.1, -0.05) is 6.42 Å². The molecule has 11 heteroatoms. The fourth-order valence-electron chi connectivity index (χ4n) is 3.65. The number of hydrogen-bond donors (Lipinski definition) is 3. The van der Waals surface area contributed by atoms with E-state index in [0.29, 0.717) is 84.3 Å². The van der Waals surface area contributed by atoms with Gasteiger partial charge in [0.2, 0.25) is 5.91 Å². The van der Waals surface area contributed by atoms with Gasteiger partial charge < -0.3 is 39.6 Å². The zero-order valence-corrected chi connectivity index (χ0v) is 20.6. The lowest BCUT2D eigenvalue weighted by Gasteiger charge is -2.16. The Morgan fingerprint density at radius 2 is 1.52 bits per heavy atom. The van der Waals surface area contributed by atoms with E-state index in [0.717, 1.165) is 25.0 Å². The summed E-state index contributed by atoms with van der Waals surface area (Å²) < 4.78 is 26.8. The molecule has 10 nitrogen and oxygen atoms in total. The van der Waals surface area contributed by atoms with Crippen molar-refractivity contribution >= 4 is 23.7 Å². The number of rotatable bonds is 21.